The van der Waals surface area contributed by atoms with E-state index < -0.39 is 15.1 Å². The van der Waals surface area contributed by atoms with Gasteiger partial charge in [-0.1, -0.05) is 31.5 Å². The van der Waals surface area contributed by atoms with E-state index >= 15 is 0 Å². The van der Waals surface area contributed by atoms with Crippen LogP contribution < -0.4 is 0 Å². The lowest BCUT2D eigenvalue weighted by Crippen LogP contribution is -2.14. The normalized spacial score (nSPS) is 13.5. The summed E-state index contributed by atoms with van der Waals surface area (Å²) in [6.07, 6.45) is 1.58. The van der Waals surface area contributed by atoms with Crippen LogP contribution in [0.1, 0.15) is 43.1 Å². The van der Waals surface area contributed by atoms with Crippen LogP contribution in [0, 0.1) is 12.8 Å². The van der Waals surface area contributed by atoms with E-state index in [4.69, 9.17) is 0 Å². The van der Waals surface area contributed by atoms with Crippen molar-refractivity contribution in [2.75, 3.05) is 0 Å². The van der Waals surface area contributed by atoms with Crippen LogP contribution >= 0.6 is 11.3 Å². The van der Waals surface area contributed by atoms with E-state index in [1.807, 2.05) is 35.9 Å². The number of rotatable bonds is 6. The first kappa shape index (κ1) is 16.2. The highest BCUT2D eigenvalue weighted by Gasteiger charge is 2.29. The minimum Gasteiger partial charge on any atom is -0.223 e. The molecule has 1 atom stereocenters. The van der Waals surface area contributed by atoms with E-state index in [0.717, 1.165) is 17.5 Å². The first-order chi connectivity index (χ1) is 9.91. The fourth-order valence-corrected chi connectivity index (χ4v) is 4.93. The lowest BCUT2D eigenvalue weighted by molar-refractivity contribution is 0.526. The quantitative estimate of drug-likeness (QED) is 0.749. The van der Waals surface area contributed by atoms with Gasteiger partial charge in [0.1, 0.15) is 0 Å². The van der Waals surface area contributed by atoms with E-state index in [1.165, 1.54) is 0 Å². The number of thiophene rings is 1. The van der Waals surface area contributed by atoms with Crippen LogP contribution in [0.2, 0.25) is 0 Å². The summed E-state index contributed by atoms with van der Waals surface area (Å²) in [5.74, 6) is 0.499. The first-order valence-corrected chi connectivity index (χ1v) is 9.73. The Hall–Kier alpha value is -1.13. The van der Waals surface area contributed by atoms with Gasteiger partial charge in [0.2, 0.25) is 0 Å². The molecule has 0 N–H and O–H groups in total. The Balaban J connectivity index is 2.37. The third-order valence-electron chi connectivity index (χ3n) is 3.65. The second kappa shape index (κ2) is 6.75. The maximum atomic E-state index is 13.0. The maximum Gasteiger partial charge on any atom is 0.185 e. The van der Waals surface area contributed by atoms with E-state index in [0.29, 0.717) is 17.2 Å². The van der Waals surface area contributed by atoms with E-state index in [1.54, 1.807) is 23.5 Å². The van der Waals surface area contributed by atoms with Crippen molar-refractivity contribution in [1.29, 1.82) is 0 Å². The molecule has 0 aliphatic heterocycles. The van der Waals surface area contributed by atoms with E-state index in [-0.39, 0.29) is 0 Å². The maximum absolute atomic E-state index is 13.0. The molecule has 1 unspecified atom stereocenters. The summed E-state index contributed by atoms with van der Waals surface area (Å²) < 4.78 is 25.9. The lowest BCUT2D eigenvalue weighted by atomic mass is 10.0. The fourth-order valence-electron chi connectivity index (χ4n) is 2.34. The molecule has 2 nitrogen and oxygen atoms in total. The van der Waals surface area contributed by atoms with Crippen molar-refractivity contribution in [2.45, 2.75) is 43.8 Å². The summed E-state index contributed by atoms with van der Waals surface area (Å²) in [5.41, 5.74) is 1.99. The molecule has 114 valence electrons. The summed E-state index contributed by atoms with van der Waals surface area (Å²) >= 11 is 1.55. The molecule has 2 aromatic rings. The third kappa shape index (κ3) is 3.95. The molecular weight excluding hydrogens is 300 g/mol. The van der Waals surface area contributed by atoms with Crippen LogP contribution in [0.15, 0.2) is 46.0 Å². The van der Waals surface area contributed by atoms with E-state index in [2.05, 4.69) is 13.8 Å². The SMILES string of the molecule is Cc1ccc(S(=O)(=O)C(CCC(C)C)c2ccsc2)cc1. The lowest BCUT2D eigenvalue weighted by Gasteiger charge is -2.18. The van der Waals surface area contributed by atoms with Crippen molar-refractivity contribution in [1.82, 2.24) is 0 Å². The van der Waals surface area contributed by atoms with Gasteiger partial charge in [0.25, 0.3) is 0 Å². The third-order valence-corrected chi connectivity index (χ3v) is 6.53. The molecule has 0 aliphatic carbocycles. The molecule has 4 heteroatoms. The number of sulfone groups is 1. The van der Waals surface area contributed by atoms with Crippen molar-refractivity contribution < 1.29 is 8.42 Å². The predicted molar refractivity (Wildman–Crippen MR) is 89.5 cm³/mol. The van der Waals surface area contributed by atoms with Crippen LogP contribution in [0.25, 0.3) is 0 Å². The molecular formula is C17H22O2S2. The van der Waals surface area contributed by atoms with Gasteiger partial charge in [0.05, 0.1) is 10.1 Å². The number of hydrogen-bond donors (Lipinski definition) is 0. The number of aryl methyl sites for hydroxylation is 1. The summed E-state index contributed by atoms with van der Waals surface area (Å²) in [5, 5.41) is 3.47. The van der Waals surface area contributed by atoms with Crippen molar-refractivity contribution in [2.24, 2.45) is 5.92 Å². The van der Waals surface area contributed by atoms with Crippen molar-refractivity contribution in [3.05, 3.63) is 52.2 Å². The zero-order valence-electron chi connectivity index (χ0n) is 12.7. The molecule has 1 aromatic carbocycles. The van der Waals surface area contributed by atoms with Gasteiger partial charge in [-0.25, -0.2) is 8.42 Å². The monoisotopic (exact) mass is 322 g/mol. The molecule has 0 aliphatic rings. The minimum absolute atomic E-state index is 0.424. The highest BCUT2D eigenvalue weighted by Crippen LogP contribution is 2.35. The van der Waals surface area contributed by atoms with Gasteiger partial charge >= 0.3 is 0 Å². The van der Waals surface area contributed by atoms with Crippen LogP contribution in [0.4, 0.5) is 0 Å². The summed E-state index contributed by atoms with van der Waals surface area (Å²) in [6.45, 7) is 6.22. The average Bonchev–Trinajstić information content (AvgIpc) is 2.92. The molecule has 0 amide bonds. The Labute approximate surface area is 131 Å². The summed E-state index contributed by atoms with van der Waals surface area (Å²) in [4.78, 5) is 0.424. The molecule has 0 radical (unpaired) electrons. The fraction of sp³-hybridized carbons (Fsp3) is 0.412. The topological polar surface area (TPSA) is 34.1 Å². The van der Waals surface area contributed by atoms with Crippen LogP contribution in [0.5, 0.6) is 0 Å². The Morgan fingerprint density at radius 3 is 2.24 bits per heavy atom. The largest absolute Gasteiger partial charge is 0.223 e. The Kier molecular flexibility index (Phi) is 5.22. The number of benzene rings is 1. The van der Waals surface area contributed by atoms with Gasteiger partial charge in [-0.2, -0.15) is 11.3 Å². The van der Waals surface area contributed by atoms with Crippen LogP contribution in [0.3, 0.4) is 0 Å². The van der Waals surface area contributed by atoms with Crippen LogP contribution in [-0.2, 0) is 9.84 Å². The summed E-state index contributed by atoms with van der Waals surface area (Å²) in [6, 6.07) is 9.10. The van der Waals surface area contributed by atoms with E-state index in [9.17, 15) is 8.42 Å². The molecule has 1 aromatic heterocycles. The molecule has 0 bridgehead atoms. The van der Waals surface area contributed by atoms with Crippen LogP contribution in [-0.4, -0.2) is 8.42 Å². The van der Waals surface area contributed by atoms with Gasteiger partial charge in [-0.15, -0.1) is 0 Å². The molecule has 0 fully saturated rings. The molecule has 21 heavy (non-hydrogen) atoms. The minimum atomic E-state index is -3.33. The molecule has 0 saturated carbocycles. The molecule has 0 saturated heterocycles. The Bertz CT molecular complexity index is 653. The highest BCUT2D eigenvalue weighted by molar-refractivity contribution is 7.91. The van der Waals surface area contributed by atoms with Crippen molar-refractivity contribution >= 4 is 21.2 Å². The van der Waals surface area contributed by atoms with Gasteiger partial charge in [-0.3, -0.25) is 0 Å². The van der Waals surface area contributed by atoms with Crippen molar-refractivity contribution in [3.8, 4) is 0 Å². The highest BCUT2D eigenvalue weighted by atomic mass is 32.2. The molecule has 0 spiro atoms. The smallest absolute Gasteiger partial charge is 0.185 e. The molecule has 2 rings (SSSR count). The van der Waals surface area contributed by atoms with Gasteiger partial charge in [-0.05, 0) is 60.2 Å². The Morgan fingerprint density at radius 2 is 1.71 bits per heavy atom. The zero-order chi connectivity index (χ0) is 15.5. The van der Waals surface area contributed by atoms with Gasteiger partial charge in [0, 0.05) is 0 Å². The van der Waals surface area contributed by atoms with Gasteiger partial charge < -0.3 is 0 Å². The Morgan fingerprint density at radius 1 is 1.05 bits per heavy atom. The number of hydrogen-bond acceptors (Lipinski definition) is 3. The summed E-state index contributed by atoms with van der Waals surface area (Å²) in [7, 11) is -3.33. The zero-order valence-corrected chi connectivity index (χ0v) is 14.4. The van der Waals surface area contributed by atoms with Crippen molar-refractivity contribution in [3.63, 3.8) is 0 Å². The average molecular weight is 322 g/mol. The molecule has 1 heterocycles. The first-order valence-electron chi connectivity index (χ1n) is 7.24. The predicted octanol–water partition coefficient (Wildman–Crippen LogP) is 5.01. The second-order valence-electron chi connectivity index (χ2n) is 5.87. The standard InChI is InChI=1S/C17H22O2S2/c1-13(2)4-9-17(15-10-11-20-12-15)21(18,19)16-7-5-14(3)6-8-16/h5-8,10-13,17H,4,9H2,1-3H3. The van der Waals surface area contributed by atoms with Gasteiger partial charge in [0.15, 0.2) is 9.84 Å². The second-order valence-corrected chi connectivity index (χ2v) is 8.79.